The summed E-state index contributed by atoms with van der Waals surface area (Å²) in [5, 5.41) is 11.7. The maximum absolute atomic E-state index is 12.0. The second kappa shape index (κ2) is 7.85. The number of carbonyl (C=O) groups excluding carboxylic acids is 1. The molecule has 3 nitrogen and oxygen atoms in total. The van der Waals surface area contributed by atoms with Crippen molar-refractivity contribution < 1.29 is 9.90 Å². The molecule has 0 saturated heterocycles. The number of amides is 1. The lowest BCUT2D eigenvalue weighted by Crippen LogP contribution is -2.29. The lowest BCUT2D eigenvalue weighted by Gasteiger charge is -2.20. The van der Waals surface area contributed by atoms with Crippen LogP contribution in [0.15, 0.2) is 24.3 Å². The highest BCUT2D eigenvalue weighted by Gasteiger charge is 2.17. The van der Waals surface area contributed by atoms with Crippen molar-refractivity contribution in [3.8, 4) is 11.8 Å². The van der Waals surface area contributed by atoms with Gasteiger partial charge in [-0.1, -0.05) is 44.7 Å². The van der Waals surface area contributed by atoms with Gasteiger partial charge in [0.25, 0.3) is 0 Å². The van der Waals surface area contributed by atoms with E-state index in [0.717, 1.165) is 11.1 Å². The molecule has 1 aromatic carbocycles. The van der Waals surface area contributed by atoms with Crippen LogP contribution in [-0.2, 0) is 4.79 Å². The van der Waals surface area contributed by atoms with Gasteiger partial charge in [0.2, 0.25) is 5.91 Å². The minimum Gasteiger partial charge on any atom is -0.395 e. The van der Waals surface area contributed by atoms with Crippen molar-refractivity contribution in [2.75, 3.05) is 6.61 Å². The summed E-state index contributed by atoms with van der Waals surface area (Å²) in [6.07, 6.45) is 0.982. The van der Waals surface area contributed by atoms with Gasteiger partial charge in [0, 0.05) is 18.4 Å². The van der Waals surface area contributed by atoms with Crippen LogP contribution >= 0.6 is 0 Å². The molecule has 0 heterocycles. The first-order valence-electron chi connectivity index (χ1n) is 7.31. The van der Waals surface area contributed by atoms with Gasteiger partial charge in [0.15, 0.2) is 0 Å². The summed E-state index contributed by atoms with van der Waals surface area (Å²) >= 11 is 0. The molecule has 0 aliphatic heterocycles. The van der Waals surface area contributed by atoms with Crippen LogP contribution in [-0.4, -0.2) is 17.6 Å². The molecular formula is C18H25NO2. The van der Waals surface area contributed by atoms with Crippen molar-refractivity contribution >= 4 is 5.91 Å². The lowest BCUT2D eigenvalue weighted by atomic mass is 9.91. The summed E-state index contributed by atoms with van der Waals surface area (Å²) in [4.78, 5) is 12.0. The summed E-state index contributed by atoms with van der Waals surface area (Å²) in [7, 11) is 0. The van der Waals surface area contributed by atoms with E-state index in [0.29, 0.717) is 12.8 Å². The van der Waals surface area contributed by atoms with Crippen LogP contribution < -0.4 is 5.32 Å². The number of aliphatic hydroxyl groups is 1. The third-order valence-electron chi connectivity index (χ3n) is 2.92. The van der Waals surface area contributed by atoms with Gasteiger partial charge in [0.05, 0.1) is 12.6 Å². The van der Waals surface area contributed by atoms with E-state index in [2.05, 4.69) is 37.9 Å². The fourth-order valence-electron chi connectivity index (χ4n) is 1.96. The zero-order chi connectivity index (χ0) is 15.9. The van der Waals surface area contributed by atoms with Gasteiger partial charge in [-0.15, -0.1) is 0 Å². The van der Waals surface area contributed by atoms with Gasteiger partial charge in [-0.25, -0.2) is 0 Å². The number of aliphatic hydroxyl groups excluding tert-OH is 1. The maximum Gasteiger partial charge on any atom is 0.220 e. The number of carbonyl (C=O) groups is 1. The van der Waals surface area contributed by atoms with Crippen molar-refractivity contribution in [1.29, 1.82) is 0 Å². The Balaban J connectivity index is 2.70. The zero-order valence-corrected chi connectivity index (χ0v) is 13.4. The van der Waals surface area contributed by atoms with E-state index in [1.807, 2.05) is 31.2 Å². The van der Waals surface area contributed by atoms with E-state index in [1.54, 1.807) is 0 Å². The first kappa shape index (κ1) is 17.3. The minimum atomic E-state index is -0.0422. The molecule has 0 fully saturated rings. The van der Waals surface area contributed by atoms with Crippen LogP contribution in [0.2, 0.25) is 0 Å². The standard InChI is InChI=1S/C18H25NO2/c1-14(19-17(21)13-18(2,3)4)16-10-7-9-15(12-16)8-5-6-11-20/h7,9-10,12,14,20H,6,11,13H2,1-4H3,(H,19,21). The Morgan fingerprint density at radius 2 is 2.10 bits per heavy atom. The molecule has 0 bridgehead atoms. The van der Waals surface area contributed by atoms with Gasteiger partial charge in [-0.05, 0) is 30.0 Å². The first-order valence-corrected chi connectivity index (χ1v) is 7.31. The fourth-order valence-corrected chi connectivity index (χ4v) is 1.96. The predicted molar refractivity (Wildman–Crippen MR) is 85.7 cm³/mol. The summed E-state index contributed by atoms with van der Waals surface area (Å²) < 4.78 is 0. The second-order valence-corrected chi connectivity index (χ2v) is 6.43. The maximum atomic E-state index is 12.0. The topological polar surface area (TPSA) is 49.3 Å². The Bertz CT molecular complexity index is 532. The van der Waals surface area contributed by atoms with E-state index in [4.69, 9.17) is 5.11 Å². The zero-order valence-electron chi connectivity index (χ0n) is 13.4. The second-order valence-electron chi connectivity index (χ2n) is 6.43. The molecule has 0 saturated carbocycles. The van der Waals surface area contributed by atoms with Gasteiger partial charge in [-0.3, -0.25) is 4.79 Å². The average molecular weight is 287 g/mol. The van der Waals surface area contributed by atoms with Crippen LogP contribution in [0.5, 0.6) is 0 Å². The highest BCUT2D eigenvalue weighted by atomic mass is 16.2. The molecule has 0 aliphatic rings. The molecule has 1 unspecified atom stereocenters. The van der Waals surface area contributed by atoms with Crippen molar-refractivity contribution in [3.05, 3.63) is 35.4 Å². The summed E-state index contributed by atoms with van der Waals surface area (Å²) in [6, 6.07) is 7.79. The van der Waals surface area contributed by atoms with E-state index < -0.39 is 0 Å². The van der Waals surface area contributed by atoms with Gasteiger partial charge in [0.1, 0.15) is 0 Å². The predicted octanol–water partition coefficient (Wildman–Crippen LogP) is 3.03. The number of hydrogen-bond donors (Lipinski definition) is 2. The summed E-state index contributed by atoms with van der Waals surface area (Å²) in [5.74, 6) is 5.97. The van der Waals surface area contributed by atoms with Crippen LogP contribution in [0.1, 0.15) is 57.7 Å². The Morgan fingerprint density at radius 1 is 1.38 bits per heavy atom. The normalized spacial score (nSPS) is 12.2. The Hall–Kier alpha value is -1.79. The van der Waals surface area contributed by atoms with E-state index in [-0.39, 0.29) is 24.0 Å². The third-order valence-corrected chi connectivity index (χ3v) is 2.92. The third kappa shape index (κ3) is 6.97. The van der Waals surface area contributed by atoms with Crippen molar-refractivity contribution in [1.82, 2.24) is 5.32 Å². The van der Waals surface area contributed by atoms with Crippen LogP contribution in [0.4, 0.5) is 0 Å². The highest BCUT2D eigenvalue weighted by Crippen LogP contribution is 2.20. The monoisotopic (exact) mass is 287 g/mol. The number of nitrogens with one attached hydrogen (secondary N) is 1. The molecule has 0 aromatic heterocycles. The summed E-state index contributed by atoms with van der Waals surface area (Å²) in [6.45, 7) is 8.20. The number of benzene rings is 1. The van der Waals surface area contributed by atoms with Crippen molar-refractivity contribution in [2.45, 2.75) is 46.6 Å². The summed E-state index contributed by atoms with van der Waals surface area (Å²) in [5.41, 5.74) is 1.92. The van der Waals surface area contributed by atoms with Crippen molar-refractivity contribution in [3.63, 3.8) is 0 Å². The van der Waals surface area contributed by atoms with E-state index >= 15 is 0 Å². The molecule has 1 aromatic rings. The molecule has 21 heavy (non-hydrogen) atoms. The molecule has 1 amide bonds. The van der Waals surface area contributed by atoms with Crippen LogP contribution in [0.3, 0.4) is 0 Å². The first-order chi connectivity index (χ1) is 9.81. The molecule has 2 N–H and O–H groups in total. The molecule has 1 rings (SSSR count). The molecule has 3 heteroatoms. The highest BCUT2D eigenvalue weighted by molar-refractivity contribution is 5.77. The molecule has 0 radical (unpaired) electrons. The Morgan fingerprint density at radius 3 is 2.71 bits per heavy atom. The van der Waals surface area contributed by atoms with Crippen LogP contribution in [0, 0.1) is 17.3 Å². The Labute approximate surface area is 127 Å². The SMILES string of the molecule is CC(NC(=O)CC(C)(C)C)c1cccc(C#CCCO)c1. The van der Waals surface area contributed by atoms with Crippen molar-refractivity contribution in [2.24, 2.45) is 5.41 Å². The fraction of sp³-hybridized carbons (Fsp3) is 0.500. The molecule has 1 atom stereocenters. The number of hydrogen-bond acceptors (Lipinski definition) is 2. The average Bonchev–Trinajstić information content (AvgIpc) is 2.37. The lowest BCUT2D eigenvalue weighted by molar-refractivity contribution is -0.123. The van der Waals surface area contributed by atoms with Gasteiger partial charge >= 0.3 is 0 Å². The Kier molecular flexibility index (Phi) is 6.45. The number of rotatable bonds is 4. The molecule has 0 aliphatic carbocycles. The van der Waals surface area contributed by atoms with Crippen LogP contribution in [0.25, 0.3) is 0 Å². The molecule has 114 valence electrons. The largest absolute Gasteiger partial charge is 0.395 e. The smallest absolute Gasteiger partial charge is 0.220 e. The molecule has 0 spiro atoms. The van der Waals surface area contributed by atoms with E-state index in [9.17, 15) is 4.79 Å². The quantitative estimate of drug-likeness (QED) is 0.836. The van der Waals surface area contributed by atoms with E-state index in [1.165, 1.54) is 0 Å². The molecular weight excluding hydrogens is 262 g/mol. The van der Waals surface area contributed by atoms with Gasteiger partial charge < -0.3 is 10.4 Å². The minimum absolute atomic E-state index is 0.0125. The van der Waals surface area contributed by atoms with Gasteiger partial charge in [-0.2, -0.15) is 0 Å².